The van der Waals surface area contributed by atoms with Crippen molar-refractivity contribution < 1.29 is 9.53 Å². The Kier molecular flexibility index (Phi) is 4.78. The van der Waals surface area contributed by atoms with Crippen LogP contribution in [0.1, 0.15) is 52.9 Å². The zero-order valence-corrected chi connectivity index (χ0v) is 11.0. The highest BCUT2D eigenvalue weighted by atomic mass is 16.5. The highest BCUT2D eigenvalue weighted by Crippen LogP contribution is 2.33. The molecule has 3 heteroatoms. The summed E-state index contributed by atoms with van der Waals surface area (Å²) in [5.74, 6) is -0.163. The smallest absolute Gasteiger partial charge is 0.322 e. The summed E-state index contributed by atoms with van der Waals surface area (Å²) in [4.78, 5) is 11.3. The summed E-state index contributed by atoms with van der Waals surface area (Å²) < 4.78 is 4.72. The quantitative estimate of drug-likeness (QED) is 0.594. The number of rotatable bonds is 3. The molecule has 0 radical (unpaired) electrons. The van der Waals surface area contributed by atoms with Crippen molar-refractivity contribution in [3.05, 3.63) is 0 Å². The lowest BCUT2D eigenvalue weighted by Gasteiger charge is -2.23. The summed E-state index contributed by atoms with van der Waals surface area (Å²) in [5, 5.41) is 3.37. The van der Waals surface area contributed by atoms with Crippen LogP contribution < -0.4 is 5.32 Å². The van der Waals surface area contributed by atoms with Crippen LogP contribution in [0.2, 0.25) is 0 Å². The van der Waals surface area contributed by atoms with Gasteiger partial charge in [0.15, 0.2) is 0 Å². The molecule has 0 aromatic carbocycles. The maximum absolute atomic E-state index is 11.3. The third-order valence-corrected chi connectivity index (χ3v) is 3.62. The van der Waals surface area contributed by atoms with Crippen molar-refractivity contribution in [3.8, 4) is 0 Å². The minimum Gasteiger partial charge on any atom is -0.468 e. The predicted octanol–water partition coefficient (Wildman–Crippen LogP) is 2.50. The molecular formula is C13H25NO2. The third kappa shape index (κ3) is 4.12. The van der Waals surface area contributed by atoms with Gasteiger partial charge in [-0.3, -0.25) is 4.79 Å². The first-order valence-electron chi connectivity index (χ1n) is 6.28. The van der Waals surface area contributed by atoms with E-state index in [4.69, 9.17) is 4.74 Å². The SMILES string of the molecule is COC(=O)[C@H](C)NC1CCCC(C)(C)CC1. The number of esters is 1. The topological polar surface area (TPSA) is 38.3 Å². The molecule has 94 valence electrons. The summed E-state index contributed by atoms with van der Waals surface area (Å²) >= 11 is 0. The predicted molar refractivity (Wildman–Crippen MR) is 65.3 cm³/mol. The van der Waals surface area contributed by atoms with Gasteiger partial charge in [-0.1, -0.05) is 20.3 Å². The van der Waals surface area contributed by atoms with Gasteiger partial charge in [0.25, 0.3) is 0 Å². The van der Waals surface area contributed by atoms with Gasteiger partial charge in [-0.05, 0) is 38.0 Å². The Morgan fingerprint density at radius 3 is 2.69 bits per heavy atom. The van der Waals surface area contributed by atoms with Crippen molar-refractivity contribution >= 4 is 5.97 Å². The number of carbonyl (C=O) groups excluding carboxylic acids is 1. The van der Waals surface area contributed by atoms with E-state index in [0.717, 1.165) is 6.42 Å². The largest absolute Gasteiger partial charge is 0.468 e. The van der Waals surface area contributed by atoms with Gasteiger partial charge in [0.1, 0.15) is 6.04 Å². The molecule has 1 unspecified atom stereocenters. The Labute approximate surface area is 98.9 Å². The second kappa shape index (κ2) is 5.67. The van der Waals surface area contributed by atoms with Crippen LogP contribution in [-0.4, -0.2) is 25.2 Å². The summed E-state index contributed by atoms with van der Waals surface area (Å²) in [6, 6.07) is 0.284. The number of methoxy groups -OCH3 is 1. The van der Waals surface area contributed by atoms with Gasteiger partial charge in [-0.2, -0.15) is 0 Å². The maximum atomic E-state index is 11.3. The molecule has 0 heterocycles. The van der Waals surface area contributed by atoms with Gasteiger partial charge in [0, 0.05) is 6.04 Å². The molecule has 0 saturated heterocycles. The summed E-state index contributed by atoms with van der Waals surface area (Å²) in [7, 11) is 1.44. The second-order valence-electron chi connectivity index (χ2n) is 5.70. The van der Waals surface area contributed by atoms with E-state index in [-0.39, 0.29) is 12.0 Å². The van der Waals surface area contributed by atoms with E-state index in [9.17, 15) is 4.79 Å². The number of nitrogens with one attached hydrogen (secondary N) is 1. The Morgan fingerprint density at radius 1 is 1.38 bits per heavy atom. The van der Waals surface area contributed by atoms with Crippen molar-refractivity contribution in [1.82, 2.24) is 5.32 Å². The van der Waals surface area contributed by atoms with Crippen LogP contribution in [0.5, 0.6) is 0 Å². The molecule has 3 nitrogen and oxygen atoms in total. The van der Waals surface area contributed by atoms with Crippen molar-refractivity contribution in [2.24, 2.45) is 5.41 Å². The molecule has 1 rings (SSSR count). The van der Waals surface area contributed by atoms with Crippen LogP contribution in [-0.2, 0) is 9.53 Å². The van der Waals surface area contributed by atoms with Gasteiger partial charge in [0.05, 0.1) is 7.11 Å². The van der Waals surface area contributed by atoms with Gasteiger partial charge < -0.3 is 10.1 Å². The Bertz CT molecular complexity index is 238. The molecule has 0 spiro atoms. The van der Waals surface area contributed by atoms with Crippen LogP contribution in [0.4, 0.5) is 0 Å². The first-order valence-corrected chi connectivity index (χ1v) is 6.28. The van der Waals surface area contributed by atoms with E-state index in [1.54, 1.807) is 0 Å². The minimum absolute atomic E-state index is 0.163. The molecule has 1 aliphatic rings. The first kappa shape index (κ1) is 13.5. The standard InChI is InChI=1S/C13H25NO2/c1-10(12(15)16-4)14-11-6-5-8-13(2,3)9-7-11/h10-11,14H,5-9H2,1-4H3/t10-,11?/m0/s1. The zero-order chi connectivity index (χ0) is 12.2. The third-order valence-electron chi connectivity index (χ3n) is 3.62. The molecule has 0 amide bonds. The van der Waals surface area contributed by atoms with Gasteiger partial charge in [-0.15, -0.1) is 0 Å². The minimum atomic E-state index is -0.184. The van der Waals surface area contributed by atoms with E-state index in [2.05, 4.69) is 19.2 Å². The molecule has 1 saturated carbocycles. The van der Waals surface area contributed by atoms with E-state index in [1.165, 1.54) is 32.8 Å². The summed E-state index contributed by atoms with van der Waals surface area (Å²) in [6.07, 6.45) is 6.11. The Morgan fingerprint density at radius 2 is 2.06 bits per heavy atom. The van der Waals surface area contributed by atoms with E-state index in [0.29, 0.717) is 11.5 Å². The Balaban J connectivity index is 2.41. The van der Waals surface area contributed by atoms with Gasteiger partial charge in [-0.25, -0.2) is 0 Å². The fourth-order valence-electron chi connectivity index (χ4n) is 2.43. The van der Waals surface area contributed by atoms with Gasteiger partial charge in [0.2, 0.25) is 0 Å². The molecule has 0 aliphatic heterocycles. The molecule has 1 fully saturated rings. The molecule has 2 atom stereocenters. The zero-order valence-electron chi connectivity index (χ0n) is 11.0. The number of carbonyl (C=O) groups is 1. The molecule has 16 heavy (non-hydrogen) atoms. The molecular weight excluding hydrogens is 202 g/mol. The number of ether oxygens (including phenoxy) is 1. The lowest BCUT2D eigenvalue weighted by atomic mass is 9.85. The first-order chi connectivity index (χ1) is 7.44. The average Bonchev–Trinajstić information content (AvgIpc) is 2.39. The van der Waals surface area contributed by atoms with Crippen molar-refractivity contribution in [1.29, 1.82) is 0 Å². The highest BCUT2D eigenvalue weighted by Gasteiger charge is 2.26. The lowest BCUT2D eigenvalue weighted by Crippen LogP contribution is -2.41. The fourth-order valence-corrected chi connectivity index (χ4v) is 2.43. The van der Waals surface area contributed by atoms with Crippen LogP contribution in [0.25, 0.3) is 0 Å². The molecule has 0 aromatic rings. The number of hydrogen-bond acceptors (Lipinski definition) is 3. The van der Waals surface area contributed by atoms with Crippen LogP contribution in [0.15, 0.2) is 0 Å². The Hall–Kier alpha value is -0.570. The molecule has 1 N–H and O–H groups in total. The van der Waals surface area contributed by atoms with Crippen LogP contribution in [0, 0.1) is 5.41 Å². The van der Waals surface area contributed by atoms with E-state index >= 15 is 0 Å². The molecule has 0 aromatic heterocycles. The second-order valence-corrected chi connectivity index (χ2v) is 5.70. The highest BCUT2D eigenvalue weighted by molar-refractivity contribution is 5.75. The van der Waals surface area contributed by atoms with E-state index in [1.807, 2.05) is 6.92 Å². The van der Waals surface area contributed by atoms with Crippen LogP contribution >= 0.6 is 0 Å². The number of hydrogen-bond donors (Lipinski definition) is 1. The summed E-state index contributed by atoms with van der Waals surface area (Å²) in [6.45, 7) is 6.54. The van der Waals surface area contributed by atoms with E-state index < -0.39 is 0 Å². The van der Waals surface area contributed by atoms with Crippen molar-refractivity contribution in [2.45, 2.75) is 65.0 Å². The summed E-state index contributed by atoms with van der Waals surface area (Å²) in [5.41, 5.74) is 0.463. The average molecular weight is 227 g/mol. The molecule has 0 bridgehead atoms. The fraction of sp³-hybridized carbons (Fsp3) is 0.923. The van der Waals surface area contributed by atoms with Crippen molar-refractivity contribution in [2.75, 3.05) is 7.11 Å². The normalized spacial score (nSPS) is 26.9. The van der Waals surface area contributed by atoms with Crippen LogP contribution in [0.3, 0.4) is 0 Å². The lowest BCUT2D eigenvalue weighted by molar-refractivity contribution is -0.142. The van der Waals surface area contributed by atoms with Crippen molar-refractivity contribution in [3.63, 3.8) is 0 Å². The van der Waals surface area contributed by atoms with Gasteiger partial charge >= 0.3 is 5.97 Å². The monoisotopic (exact) mass is 227 g/mol. The molecule has 1 aliphatic carbocycles. The maximum Gasteiger partial charge on any atom is 0.322 e.